The maximum Gasteiger partial charge on any atom is 0.178 e. The van der Waals surface area contributed by atoms with E-state index >= 15 is 0 Å². The van der Waals surface area contributed by atoms with Gasteiger partial charge in [0.1, 0.15) is 0 Å². The van der Waals surface area contributed by atoms with Crippen LogP contribution in [-0.2, 0) is 9.78 Å². The van der Waals surface area contributed by atoms with Gasteiger partial charge in [-0.1, -0.05) is 19.3 Å². The Morgan fingerprint density at radius 2 is 1.82 bits per heavy atom. The maximum absolute atomic E-state index is 8.25. The molecular weight excluding hydrogens is 144 g/mol. The van der Waals surface area contributed by atoms with Gasteiger partial charge in [-0.25, -0.2) is 9.78 Å². The third-order valence-electron chi connectivity index (χ3n) is 2.16. The van der Waals surface area contributed by atoms with Crippen molar-refractivity contribution >= 4 is 0 Å². The smallest absolute Gasteiger partial charge is 0.178 e. The van der Waals surface area contributed by atoms with Crippen LogP contribution in [0.3, 0.4) is 0 Å². The normalized spacial score (nSPS) is 20.5. The third kappa shape index (κ3) is 3.70. The van der Waals surface area contributed by atoms with Crippen molar-refractivity contribution < 1.29 is 14.9 Å². The van der Waals surface area contributed by atoms with Crippen molar-refractivity contribution in [3.05, 3.63) is 0 Å². The van der Waals surface area contributed by atoms with E-state index in [1.54, 1.807) is 0 Å². The first kappa shape index (κ1) is 8.97. The highest BCUT2D eigenvalue weighted by atomic mass is 17.2. The number of hydrogen-bond donors (Lipinski definition) is 1. The maximum atomic E-state index is 8.25. The van der Waals surface area contributed by atoms with Crippen LogP contribution >= 0.6 is 0 Å². The van der Waals surface area contributed by atoms with Gasteiger partial charge in [-0.05, 0) is 18.8 Å². The molecule has 0 aliphatic heterocycles. The molecule has 11 heavy (non-hydrogen) atoms. The molecule has 1 aliphatic rings. The van der Waals surface area contributed by atoms with Crippen LogP contribution in [0.2, 0.25) is 0 Å². The molecule has 0 unspecified atom stereocenters. The molecular formula is C8H16O3. The molecule has 66 valence electrons. The fourth-order valence-electron chi connectivity index (χ4n) is 1.54. The van der Waals surface area contributed by atoms with E-state index in [-0.39, 0.29) is 6.79 Å². The van der Waals surface area contributed by atoms with Crippen molar-refractivity contribution in [2.75, 3.05) is 13.4 Å². The van der Waals surface area contributed by atoms with E-state index in [1.807, 2.05) is 0 Å². The predicted octanol–water partition coefficient (Wildman–Crippen LogP) is 1.46. The van der Waals surface area contributed by atoms with E-state index in [0.29, 0.717) is 12.5 Å². The van der Waals surface area contributed by atoms with E-state index < -0.39 is 0 Å². The van der Waals surface area contributed by atoms with Crippen LogP contribution in [-0.4, -0.2) is 18.5 Å². The van der Waals surface area contributed by atoms with Crippen LogP contribution in [0.4, 0.5) is 0 Å². The average Bonchev–Trinajstić information content (AvgIpc) is 2.07. The number of aliphatic hydroxyl groups is 1. The van der Waals surface area contributed by atoms with Crippen LogP contribution in [0.1, 0.15) is 32.1 Å². The summed E-state index contributed by atoms with van der Waals surface area (Å²) in [6, 6.07) is 0. The highest BCUT2D eigenvalue weighted by Crippen LogP contribution is 2.23. The first-order valence-corrected chi connectivity index (χ1v) is 4.28. The highest BCUT2D eigenvalue weighted by Gasteiger charge is 2.13. The summed E-state index contributed by atoms with van der Waals surface area (Å²) in [4.78, 5) is 9.16. The lowest BCUT2D eigenvalue weighted by Gasteiger charge is -2.20. The first-order valence-electron chi connectivity index (χ1n) is 4.28. The van der Waals surface area contributed by atoms with E-state index in [2.05, 4.69) is 4.89 Å². The summed E-state index contributed by atoms with van der Waals surface area (Å²) in [5.41, 5.74) is 0. The molecule has 0 aromatic heterocycles. The van der Waals surface area contributed by atoms with Gasteiger partial charge in [0, 0.05) is 0 Å². The molecule has 3 nitrogen and oxygen atoms in total. The Morgan fingerprint density at radius 3 is 2.45 bits per heavy atom. The van der Waals surface area contributed by atoms with Crippen molar-refractivity contribution in [2.24, 2.45) is 5.92 Å². The fraction of sp³-hybridized carbons (Fsp3) is 1.00. The first-order chi connectivity index (χ1) is 5.43. The molecule has 0 amide bonds. The second-order valence-electron chi connectivity index (χ2n) is 3.04. The number of rotatable bonds is 4. The molecule has 0 atom stereocenters. The van der Waals surface area contributed by atoms with E-state index in [9.17, 15) is 0 Å². The van der Waals surface area contributed by atoms with Crippen molar-refractivity contribution in [3.8, 4) is 0 Å². The standard InChI is InChI=1S/C8H16O3/c9-7-11-10-6-8-4-2-1-3-5-8/h8-9H,1-7H2. The Hall–Kier alpha value is -0.120. The molecule has 0 heterocycles. The lowest BCUT2D eigenvalue weighted by molar-refractivity contribution is -0.334. The zero-order valence-corrected chi connectivity index (χ0v) is 6.79. The summed E-state index contributed by atoms with van der Waals surface area (Å²) in [7, 11) is 0. The molecule has 1 saturated carbocycles. The fourth-order valence-corrected chi connectivity index (χ4v) is 1.54. The van der Waals surface area contributed by atoms with Gasteiger partial charge in [0.05, 0.1) is 6.61 Å². The Kier molecular flexibility index (Phi) is 4.50. The summed E-state index contributed by atoms with van der Waals surface area (Å²) < 4.78 is 0. The molecule has 0 radical (unpaired) electrons. The van der Waals surface area contributed by atoms with E-state index in [0.717, 1.165) is 0 Å². The van der Waals surface area contributed by atoms with Gasteiger partial charge in [0.25, 0.3) is 0 Å². The quantitative estimate of drug-likeness (QED) is 0.293. The molecule has 0 aromatic rings. The highest BCUT2D eigenvalue weighted by molar-refractivity contribution is 4.63. The second kappa shape index (κ2) is 5.52. The van der Waals surface area contributed by atoms with Crippen LogP contribution in [0.15, 0.2) is 0 Å². The SMILES string of the molecule is OCOOCC1CCCCC1. The molecule has 1 N–H and O–H groups in total. The Labute approximate surface area is 67.2 Å². The summed E-state index contributed by atoms with van der Waals surface area (Å²) in [5.74, 6) is 0.648. The lowest BCUT2D eigenvalue weighted by Crippen LogP contribution is -2.13. The van der Waals surface area contributed by atoms with Crippen LogP contribution in [0.25, 0.3) is 0 Å². The minimum Gasteiger partial charge on any atom is -0.368 e. The largest absolute Gasteiger partial charge is 0.368 e. The zero-order valence-electron chi connectivity index (χ0n) is 6.79. The van der Waals surface area contributed by atoms with E-state index in [1.165, 1.54) is 32.1 Å². The Morgan fingerprint density at radius 1 is 1.09 bits per heavy atom. The molecule has 1 aliphatic carbocycles. The van der Waals surface area contributed by atoms with Gasteiger partial charge >= 0.3 is 0 Å². The Bertz CT molecular complexity index is 89.3. The summed E-state index contributed by atoms with van der Waals surface area (Å²) in [5, 5.41) is 8.25. The van der Waals surface area contributed by atoms with Crippen LogP contribution in [0, 0.1) is 5.92 Å². The minimum atomic E-state index is -0.341. The summed E-state index contributed by atoms with van der Waals surface area (Å²) in [6.45, 7) is 0.299. The van der Waals surface area contributed by atoms with Gasteiger partial charge in [-0.15, -0.1) is 0 Å². The van der Waals surface area contributed by atoms with Crippen molar-refractivity contribution in [1.29, 1.82) is 0 Å². The average molecular weight is 160 g/mol. The topological polar surface area (TPSA) is 38.7 Å². The Balaban J connectivity index is 1.96. The molecule has 0 bridgehead atoms. The molecule has 1 rings (SSSR count). The molecule has 1 fully saturated rings. The predicted molar refractivity (Wildman–Crippen MR) is 40.7 cm³/mol. The van der Waals surface area contributed by atoms with E-state index in [4.69, 9.17) is 9.99 Å². The minimum absolute atomic E-state index is 0.341. The second-order valence-corrected chi connectivity index (χ2v) is 3.04. The number of aliphatic hydroxyl groups excluding tert-OH is 1. The molecule has 0 aromatic carbocycles. The monoisotopic (exact) mass is 160 g/mol. The zero-order chi connectivity index (χ0) is 7.94. The van der Waals surface area contributed by atoms with Gasteiger partial charge < -0.3 is 5.11 Å². The van der Waals surface area contributed by atoms with Gasteiger partial charge in [-0.2, -0.15) is 0 Å². The van der Waals surface area contributed by atoms with Gasteiger partial charge in [-0.3, -0.25) is 0 Å². The van der Waals surface area contributed by atoms with Gasteiger partial charge in [0.2, 0.25) is 0 Å². The summed E-state index contributed by atoms with van der Waals surface area (Å²) in [6.07, 6.45) is 6.47. The molecule has 3 heteroatoms. The molecule has 0 spiro atoms. The third-order valence-corrected chi connectivity index (χ3v) is 2.16. The van der Waals surface area contributed by atoms with Crippen molar-refractivity contribution in [3.63, 3.8) is 0 Å². The van der Waals surface area contributed by atoms with Gasteiger partial charge in [0.15, 0.2) is 6.79 Å². The number of hydrogen-bond acceptors (Lipinski definition) is 3. The van der Waals surface area contributed by atoms with Crippen LogP contribution in [0.5, 0.6) is 0 Å². The van der Waals surface area contributed by atoms with Crippen LogP contribution < -0.4 is 0 Å². The molecule has 0 saturated heterocycles. The van der Waals surface area contributed by atoms with Crippen molar-refractivity contribution in [2.45, 2.75) is 32.1 Å². The summed E-state index contributed by atoms with van der Waals surface area (Å²) >= 11 is 0. The van der Waals surface area contributed by atoms with Crippen molar-refractivity contribution in [1.82, 2.24) is 0 Å². The lowest BCUT2D eigenvalue weighted by atomic mass is 9.90.